The van der Waals surface area contributed by atoms with E-state index in [0.717, 1.165) is 36.7 Å². The Kier molecular flexibility index (Phi) is 10.00. The molecule has 2 saturated heterocycles. The van der Waals surface area contributed by atoms with Crippen molar-refractivity contribution < 1.29 is 0 Å². The van der Waals surface area contributed by atoms with E-state index in [1.165, 1.54) is 49.4 Å². The molecule has 2 aliphatic rings. The summed E-state index contributed by atoms with van der Waals surface area (Å²) in [6, 6.07) is 10.2. The fourth-order valence-corrected chi connectivity index (χ4v) is 6.18. The highest BCUT2D eigenvalue weighted by Crippen LogP contribution is 2.46. The van der Waals surface area contributed by atoms with Crippen molar-refractivity contribution in [2.24, 2.45) is 5.92 Å². The SMILES string of the molecule is CSCCNCCN(CCSC)C[C@@H]1C2CCC(C[C@@H]1c1ccc(Cl)cc1)N2C. The van der Waals surface area contributed by atoms with Gasteiger partial charge in [0.2, 0.25) is 0 Å². The Bertz CT molecular complexity index is 600. The van der Waals surface area contributed by atoms with Crippen molar-refractivity contribution in [1.29, 1.82) is 0 Å². The molecule has 2 aliphatic heterocycles. The van der Waals surface area contributed by atoms with Crippen LogP contribution in [-0.2, 0) is 0 Å². The Balaban J connectivity index is 1.69. The highest BCUT2D eigenvalue weighted by atomic mass is 35.5. The largest absolute Gasteiger partial charge is 0.315 e. The maximum Gasteiger partial charge on any atom is 0.0406 e. The van der Waals surface area contributed by atoms with Crippen LogP contribution >= 0.6 is 35.1 Å². The molecule has 0 saturated carbocycles. The van der Waals surface area contributed by atoms with Crippen LogP contribution in [0.25, 0.3) is 0 Å². The quantitative estimate of drug-likeness (QED) is 0.465. The first-order valence-electron chi connectivity index (χ1n) is 11.0. The molecule has 0 aliphatic carbocycles. The summed E-state index contributed by atoms with van der Waals surface area (Å²) in [4.78, 5) is 5.42. The molecule has 164 valence electrons. The van der Waals surface area contributed by atoms with Gasteiger partial charge in [0.1, 0.15) is 0 Å². The van der Waals surface area contributed by atoms with Gasteiger partial charge in [0, 0.05) is 61.3 Å². The predicted octanol–water partition coefficient (Wildman–Crippen LogP) is 4.52. The normalized spacial score (nSPS) is 27.1. The average molecular weight is 456 g/mol. The minimum Gasteiger partial charge on any atom is -0.315 e. The second-order valence-corrected chi connectivity index (χ2v) is 11.0. The topological polar surface area (TPSA) is 18.5 Å². The number of hydrogen-bond acceptors (Lipinski definition) is 5. The summed E-state index contributed by atoms with van der Waals surface area (Å²) in [6.45, 7) is 5.76. The van der Waals surface area contributed by atoms with Gasteiger partial charge < -0.3 is 15.1 Å². The second-order valence-electron chi connectivity index (χ2n) is 8.56. The van der Waals surface area contributed by atoms with Crippen LogP contribution < -0.4 is 5.32 Å². The van der Waals surface area contributed by atoms with Crippen LogP contribution in [0.15, 0.2) is 24.3 Å². The molecule has 2 bridgehead atoms. The molecule has 2 fully saturated rings. The molecule has 6 heteroatoms. The molecule has 3 rings (SSSR count). The first-order chi connectivity index (χ1) is 14.1. The lowest BCUT2D eigenvalue weighted by molar-refractivity contribution is 0.0728. The van der Waals surface area contributed by atoms with E-state index in [4.69, 9.17) is 11.6 Å². The smallest absolute Gasteiger partial charge is 0.0406 e. The predicted molar refractivity (Wildman–Crippen MR) is 133 cm³/mol. The number of benzene rings is 1. The van der Waals surface area contributed by atoms with Crippen LogP contribution in [0.2, 0.25) is 5.02 Å². The number of rotatable bonds is 12. The summed E-state index contributed by atoms with van der Waals surface area (Å²) in [7, 11) is 2.36. The van der Waals surface area contributed by atoms with Crippen molar-refractivity contribution >= 4 is 35.1 Å². The first kappa shape index (κ1) is 23.7. The van der Waals surface area contributed by atoms with E-state index in [1.807, 2.05) is 23.5 Å². The van der Waals surface area contributed by atoms with E-state index in [1.54, 1.807) is 0 Å². The zero-order valence-corrected chi connectivity index (χ0v) is 20.7. The van der Waals surface area contributed by atoms with E-state index < -0.39 is 0 Å². The Morgan fingerprint density at radius 1 is 1.07 bits per heavy atom. The number of hydrogen-bond donors (Lipinski definition) is 1. The molecule has 0 aromatic heterocycles. The van der Waals surface area contributed by atoms with Gasteiger partial charge >= 0.3 is 0 Å². The third-order valence-electron chi connectivity index (χ3n) is 6.90. The van der Waals surface area contributed by atoms with Gasteiger partial charge in [0.25, 0.3) is 0 Å². The minimum atomic E-state index is 0.655. The lowest BCUT2D eigenvalue weighted by Crippen LogP contribution is -2.50. The highest BCUT2D eigenvalue weighted by molar-refractivity contribution is 7.98. The molecule has 3 nitrogen and oxygen atoms in total. The number of piperidine rings is 1. The highest BCUT2D eigenvalue weighted by Gasteiger charge is 2.46. The number of fused-ring (bicyclic) bond motifs is 2. The molecule has 2 unspecified atom stereocenters. The number of nitrogens with one attached hydrogen (secondary N) is 1. The Hall–Kier alpha value is 0.0900. The van der Waals surface area contributed by atoms with Crippen LogP contribution in [0.3, 0.4) is 0 Å². The van der Waals surface area contributed by atoms with Gasteiger partial charge in [0.05, 0.1) is 0 Å². The van der Waals surface area contributed by atoms with Gasteiger partial charge in [0.15, 0.2) is 0 Å². The van der Waals surface area contributed by atoms with Crippen molar-refractivity contribution in [3.63, 3.8) is 0 Å². The maximum atomic E-state index is 6.19. The van der Waals surface area contributed by atoms with E-state index in [2.05, 4.69) is 58.9 Å². The van der Waals surface area contributed by atoms with Crippen molar-refractivity contribution in [1.82, 2.24) is 15.1 Å². The van der Waals surface area contributed by atoms with Crippen molar-refractivity contribution in [3.8, 4) is 0 Å². The zero-order chi connectivity index (χ0) is 20.6. The van der Waals surface area contributed by atoms with Crippen LogP contribution in [0.1, 0.15) is 30.7 Å². The minimum absolute atomic E-state index is 0.655. The molecule has 2 heterocycles. The first-order valence-corrected chi connectivity index (χ1v) is 14.2. The number of thioether (sulfide) groups is 2. The van der Waals surface area contributed by atoms with E-state index >= 15 is 0 Å². The summed E-state index contributed by atoms with van der Waals surface area (Å²) in [5.41, 5.74) is 1.49. The summed E-state index contributed by atoms with van der Waals surface area (Å²) in [5, 5.41) is 4.47. The monoisotopic (exact) mass is 455 g/mol. The Morgan fingerprint density at radius 3 is 2.55 bits per heavy atom. The number of nitrogens with zero attached hydrogens (tertiary/aromatic N) is 2. The average Bonchev–Trinajstić information content (AvgIpc) is 2.97. The lowest BCUT2D eigenvalue weighted by atomic mass is 9.76. The standard InChI is InChI=1S/C23H38ClN3S2/c1-26-20-8-9-23(26)22(21(16-20)18-4-6-19(24)7-5-18)17-27(13-15-29-3)12-10-25-11-14-28-2/h4-7,20-23,25H,8-17H2,1-3H3/t20?,21-,22+,23?/m1/s1. The summed E-state index contributed by atoms with van der Waals surface area (Å²) in [5.74, 6) is 3.77. The fraction of sp³-hybridized carbons (Fsp3) is 0.739. The van der Waals surface area contributed by atoms with Crippen LogP contribution in [0, 0.1) is 5.92 Å². The van der Waals surface area contributed by atoms with Gasteiger partial charge in [-0.2, -0.15) is 23.5 Å². The van der Waals surface area contributed by atoms with Crippen molar-refractivity contribution in [2.75, 3.05) is 63.8 Å². The van der Waals surface area contributed by atoms with E-state index in [0.29, 0.717) is 11.8 Å². The number of halogens is 1. The van der Waals surface area contributed by atoms with Gasteiger partial charge in [-0.15, -0.1) is 0 Å². The van der Waals surface area contributed by atoms with Gasteiger partial charge in [-0.25, -0.2) is 0 Å². The van der Waals surface area contributed by atoms with Gasteiger partial charge in [-0.1, -0.05) is 23.7 Å². The molecule has 0 amide bonds. The van der Waals surface area contributed by atoms with Crippen molar-refractivity contribution in [2.45, 2.75) is 37.3 Å². The molecule has 4 atom stereocenters. The second kappa shape index (κ2) is 12.2. The Morgan fingerprint density at radius 2 is 1.83 bits per heavy atom. The molecule has 1 aromatic rings. The van der Waals surface area contributed by atoms with Crippen molar-refractivity contribution in [3.05, 3.63) is 34.9 Å². The van der Waals surface area contributed by atoms with Crippen LogP contribution in [0.5, 0.6) is 0 Å². The summed E-state index contributed by atoms with van der Waals surface area (Å²) >= 11 is 10.1. The Labute approximate surface area is 191 Å². The lowest BCUT2D eigenvalue weighted by Gasteiger charge is -2.45. The fourth-order valence-electron chi connectivity index (χ4n) is 5.27. The zero-order valence-electron chi connectivity index (χ0n) is 18.3. The third-order valence-corrected chi connectivity index (χ3v) is 8.35. The molecule has 1 aromatic carbocycles. The molecule has 29 heavy (non-hydrogen) atoms. The molecule has 0 spiro atoms. The summed E-state index contributed by atoms with van der Waals surface area (Å²) in [6.07, 6.45) is 8.42. The summed E-state index contributed by atoms with van der Waals surface area (Å²) < 4.78 is 0. The molecular weight excluding hydrogens is 418 g/mol. The van der Waals surface area contributed by atoms with Crippen LogP contribution in [-0.4, -0.2) is 85.7 Å². The maximum absolute atomic E-state index is 6.19. The van der Waals surface area contributed by atoms with E-state index in [-0.39, 0.29) is 0 Å². The van der Waals surface area contributed by atoms with Crippen LogP contribution in [0.4, 0.5) is 0 Å². The third kappa shape index (κ3) is 6.54. The van der Waals surface area contributed by atoms with Gasteiger partial charge in [-0.05, 0) is 68.4 Å². The molecular formula is C23H38ClN3S2. The van der Waals surface area contributed by atoms with E-state index in [9.17, 15) is 0 Å². The molecule has 0 radical (unpaired) electrons. The molecule has 1 N–H and O–H groups in total. The van der Waals surface area contributed by atoms with Gasteiger partial charge in [-0.3, -0.25) is 0 Å².